The smallest absolute Gasteiger partial charge is 0.287 e. The summed E-state index contributed by atoms with van der Waals surface area (Å²) in [5.74, 6) is -4.12. The molecule has 2 heterocycles. The van der Waals surface area contributed by atoms with Crippen molar-refractivity contribution in [2.45, 2.75) is 74.0 Å². The quantitative estimate of drug-likeness (QED) is 0.298. The molecule has 216 valence electrons. The van der Waals surface area contributed by atoms with Crippen molar-refractivity contribution in [3.8, 4) is 11.1 Å². The molecule has 6 rings (SSSR count). The second-order valence-electron chi connectivity index (χ2n) is 11.7. The van der Waals surface area contributed by atoms with Gasteiger partial charge in [-0.1, -0.05) is 36.4 Å². The summed E-state index contributed by atoms with van der Waals surface area (Å²) >= 11 is 0. The first-order valence-corrected chi connectivity index (χ1v) is 14.0. The Balaban J connectivity index is 1.21. The van der Waals surface area contributed by atoms with Gasteiger partial charge in [0, 0.05) is 50.5 Å². The lowest BCUT2D eigenvalue weighted by molar-refractivity contribution is -0.133. The SMILES string of the molecule is N=CC1(NC(=O)C2(NC(=O)c3cc4ccc(-c5ccc(C6(O)CCOCC6)cc5)cc4o3)CCC(F)(F)CC2)CC1. The average molecular weight is 566 g/mol. The molecule has 2 saturated carbocycles. The molecular formula is C31H33F2N3O5. The van der Waals surface area contributed by atoms with Gasteiger partial charge in [0.2, 0.25) is 11.8 Å². The number of rotatable bonds is 7. The number of alkyl halides is 2. The van der Waals surface area contributed by atoms with Crippen molar-refractivity contribution in [1.29, 1.82) is 5.41 Å². The third kappa shape index (κ3) is 5.38. The van der Waals surface area contributed by atoms with Crippen LogP contribution in [0.4, 0.5) is 8.78 Å². The van der Waals surface area contributed by atoms with E-state index in [-0.39, 0.29) is 18.6 Å². The third-order valence-corrected chi connectivity index (χ3v) is 8.87. The van der Waals surface area contributed by atoms with Crippen molar-refractivity contribution < 1.29 is 32.6 Å². The van der Waals surface area contributed by atoms with Crippen LogP contribution in [0.25, 0.3) is 22.1 Å². The van der Waals surface area contributed by atoms with E-state index >= 15 is 0 Å². The van der Waals surface area contributed by atoms with Gasteiger partial charge in [-0.2, -0.15) is 0 Å². The largest absolute Gasteiger partial charge is 0.451 e. The first-order valence-electron chi connectivity index (χ1n) is 14.0. The zero-order chi connectivity index (χ0) is 28.9. The van der Waals surface area contributed by atoms with Gasteiger partial charge in [0.25, 0.3) is 5.91 Å². The first-order chi connectivity index (χ1) is 19.5. The summed E-state index contributed by atoms with van der Waals surface area (Å²) in [7, 11) is 0. The van der Waals surface area contributed by atoms with Crippen molar-refractivity contribution in [3.63, 3.8) is 0 Å². The molecule has 1 saturated heterocycles. The van der Waals surface area contributed by atoms with Crippen LogP contribution in [0.1, 0.15) is 67.5 Å². The number of carbonyl (C=O) groups is 2. The van der Waals surface area contributed by atoms with Gasteiger partial charge in [-0.25, -0.2) is 8.78 Å². The number of amides is 2. The van der Waals surface area contributed by atoms with E-state index in [0.29, 0.717) is 49.9 Å². The van der Waals surface area contributed by atoms with Crippen LogP contribution in [-0.2, 0) is 15.1 Å². The Hall–Kier alpha value is -3.63. The van der Waals surface area contributed by atoms with E-state index < -0.39 is 47.3 Å². The molecular weight excluding hydrogens is 532 g/mol. The molecule has 0 unspecified atom stereocenters. The molecule has 8 nitrogen and oxygen atoms in total. The van der Waals surface area contributed by atoms with Gasteiger partial charge in [-0.15, -0.1) is 0 Å². The van der Waals surface area contributed by atoms with Crippen LogP contribution in [0, 0.1) is 5.41 Å². The maximum atomic E-state index is 14.0. The van der Waals surface area contributed by atoms with Crippen molar-refractivity contribution in [3.05, 3.63) is 59.9 Å². The highest BCUT2D eigenvalue weighted by molar-refractivity contribution is 6.01. The number of ether oxygens (including phenoxy) is 1. The third-order valence-electron chi connectivity index (χ3n) is 8.87. The van der Waals surface area contributed by atoms with E-state index in [1.807, 2.05) is 42.5 Å². The summed E-state index contributed by atoms with van der Waals surface area (Å²) in [6, 6.07) is 14.8. The fourth-order valence-electron chi connectivity index (χ4n) is 5.81. The van der Waals surface area contributed by atoms with Crippen LogP contribution in [0.2, 0.25) is 0 Å². The number of hydrogen-bond acceptors (Lipinski definition) is 6. The van der Waals surface area contributed by atoms with E-state index in [1.165, 1.54) is 0 Å². The van der Waals surface area contributed by atoms with E-state index in [4.69, 9.17) is 14.6 Å². The number of benzene rings is 2. The van der Waals surface area contributed by atoms with Crippen LogP contribution in [0.5, 0.6) is 0 Å². The Morgan fingerprint density at radius 1 is 0.854 bits per heavy atom. The minimum absolute atomic E-state index is 0.0214. The zero-order valence-corrected chi connectivity index (χ0v) is 22.6. The van der Waals surface area contributed by atoms with Gasteiger partial charge in [-0.3, -0.25) is 9.59 Å². The van der Waals surface area contributed by atoms with E-state index in [9.17, 15) is 23.5 Å². The van der Waals surface area contributed by atoms with Gasteiger partial charge in [0.1, 0.15) is 11.1 Å². The van der Waals surface area contributed by atoms with Crippen LogP contribution < -0.4 is 10.6 Å². The molecule has 2 amide bonds. The highest BCUT2D eigenvalue weighted by atomic mass is 19.3. The number of carbonyl (C=O) groups excluding carboxylic acids is 2. The van der Waals surface area contributed by atoms with Crippen LogP contribution >= 0.6 is 0 Å². The number of hydrogen-bond donors (Lipinski definition) is 4. The summed E-state index contributed by atoms with van der Waals surface area (Å²) in [5, 5.41) is 24.8. The molecule has 1 aromatic heterocycles. The number of aliphatic hydroxyl groups is 1. The van der Waals surface area contributed by atoms with Crippen LogP contribution in [-0.4, -0.2) is 53.3 Å². The van der Waals surface area contributed by atoms with E-state index in [2.05, 4.69) is 10.6 Å². The average Bonchev–Trinajstić information content (AvgIpc) is 3.61. The molecule has 10 heteroatoms. The molecule has 4 N–H and O–H groups in total. The van der Waals surface area contributed by atoms with Crippen molar-refractivity contribution >= 4 is 29.0 Å². The summed E-state index contributed by atoms with van der Waals surface area (Å²) in [4.78, 5) is 26.6. The molecule has 3 aliphatic rings. The lowest BCUT2D eigenvalue weighted by atomic mass is 9.78. The Morgan fingerprint density at radius 2 is 1.51 bits per heavy atom. The molecule has 2 aliphatic carbocycles. The highest BCUT2D eigenvalue weighted by Gasteiger charge is 2.52. The normalized spacial score (nSPS) is 22.0. The highest BCUT2D eigenvalue weighted by Crippen LogP contribution is 2.41. The number of halogens is 2. The number of furan rings is 1. The molecule has 0 bridgehead atoms. The Labute approximate surface area is 235 Å². The van der Waals surface area contributed by atoms with Gasteiger partial charge < -0.3 is 30.3 Å². The Morgan fingerprint density at radius 3 is 2.15 bits per heavy atom. The maximum Gasteiger partial charge on any atom is 0.287 e. The van der Waals surface area contributed by atoms with E-state index in [0.717, 1.165) is 22.9 Å². The van der Waals surface area contributed by atoms with Gasteiger partial charge in [0.15, 0.2) is 5.76 Å². The fourth-order valence-corrected chi connectivity index (χ4v) is 5.81. The minimum atomic E-state index is -2.90. The van der Waals surface area contributed by atoms with Gasteiger partial charge in [0.05, 0.1) is 11.1 Å². The lowest BCUT2D eigenvalue weighted by Crippen LogP contribution is -2.63. The maximum absolute atomic E-state index is 14.0. The molecule has 1 aliphatic heterocycles. The molecule has 0 atom stereocenters. The topological polar surface area (TPSA) is 125 Å². The summed E-state index contributed by atoms with van der Waals surface area (Å²) in [5.41, 5.74) is -0.0962. The molecule has 3 fully saturated rings. The second-order valence-corrected chi connectivity index (χ2v) is 11.7. The zero-order valence-electron chi connectivity index (χ0n) is 22.6. The standard InChI is InChI=1S/C31H33F2N3O5/c32-31(33)11-9-29(10-12-31,27(38)36-28(19-34)7-8-28)35-26(37)25-18-22-2-1-21(17-24(22)41-25)20-3-5-23(6-4-20)30(39)13-15-40-16-14-30/h1-6,17-19,34,39H,7-16H2,(H,35,37)(H,36,38). The van der Waals surface area contributed by atoms with Crippen LogP contribution in [0.3, 0.4) is 0 Å². The van der Waals surface area contributed by atoms with Gasteiger partial charge in [-0.05, 0) is 54.5 Å². The first kappa shape index (κ1) is 27.5. The number of nitrogens with one attached hydrogen (secondary N) is 3. The van der Waals surface area contributed by atoms with E-state index in [1.54, 1.807) is 6.07 Å². The van der Waals surface area contributed by atoms with Gasteiger partial charge >= 0.3 is 0 Å². The summed E-state index contributed by atoms with van der Waals surface area (Å²) in [6.07, 6.45) is 1.99. The lowest BCUT2D eigenvalue weighted by Gasteiger charge is -2.39. The second kappa shape index (κ2) is 10.0. The predicted molar refractivity (Wildman–Crippen MR) is 148 cm³/mol. The molecule has 0 radical (unpaired) electrons. The van der Waals surface area contributed by atoms with Crippen LogP contribution in [0.15, 0.2) is 52.9 Å². The van der Waals surface area contributed by atoms with Crippen molar-refractivity contribution in [2.75, 3.05) is 13.2 Å². The fraction of sp³-hybridized carbons (Fsp3) is 0.452. The predicted octanol–water partition coefficient (Wildman–Crippen LogP) is 5.07. The minimum Gasteiger partial charge on any atom is -0.451 e. The molecule has 41 heavy (non-hydrogen) atoms. The van der Waals surface area contributed by atoms with Crippen molar-refractivity contribution in [1.82, 2.24) is 10.6 Å². The summed E-state index contributed by atoms with van der Waals surface area (Å²) in [6.45, 7) is 1.04. The Kier molecular flexibility index (Phi) is 6.73. The number of fused-ring (bicyclic) bond motifs is 1. The molecule has 2 aromatic carbocycles. The molecule has 0 spiro atoms. The molecule has 3 aromatic rings. The van der Waals surface area contributed by atoms with Crippen molar-refractivity contribution in [2.24, 2.45) is 0 Å². The Bertz CT molecular complexity index is 1480. The summed E-state index contributed by atoms with van der Waals surface area (Å²) < 4.78 is 39.3. The monoisotopic (exact) mass is 565 g/mol.